The van der Waals surface area contributed by atoms with Crippen LogP contribution >= 0.6 is 11.6 Å². The van der Waals surface area contributed by atoms with E-state index in [1.54, 1.807) is 24.4 Å². The number of hydrogen-bond acceptors (Lipinski definition) is 10. The van der Waals surface area contributed by atoms with Crippen LogP contribution in [0.1, 0.15) is 59.1 Å². The average Bonchev–Trinajstić information content (AvgIpc) is 3.16. The molecule has 5 rings (SSSR count). The number of carboxylic acid groups (broad SMARTS) is 1. The summed E-state index contributed by atoms with van der Waals surface area (Å²) in [5, 5.41) is 41.2. The van der Waals surface area contributed by atoms with E-state index in [-0.39, 0.29) is 19.8 Å². The van der Waals surface area contributed by atoms with Crippen LogP contribution in [-0.2, 0) is 24.6 Å². The first-order valence-corrected chi connectivity index (χ1v) is 18.3. The van der Waals surface area contributed by atoms with Gasteiger partial charge in [-0.25, -0.2) is 0 Å². The van der Waals surface area contributed by atoms with Crippen molar-refractivity contribution in [3.8, 4) is 34.4 Å². The quantitative estimate of drug-likeness (QED) is 0.0861. The number of carbonyl (C=O) groups is 1. The first-order chi connectivity index (χ1) is 25.7. The van der Waals surface area contributed by atoms with Crippen LogP contribution in [0.5, 0.6) is 17.2 Å². The van der Waals surface area contributed by atoms with Gasteiger partial charge in [-0.1, -0.05) is 48.4 Å². The van der Waals surface area contributed by atoms with Gasteiger partial charge in [0.2, 0.25) is 0 Å². The molecule has 3 aromatic carbocycles. The van der Waals surface area contributed by atoms with Crippen molar-refractivity contribution >= 4 is 17.6 Å². The summed E-state index contributed by atoms with van der Waals surface area (Å²) in [4.78, 5) is 18.1. The topological polar surface area (TPSA) is 157 Å². The van der Waals surface area contributed by atoms with E-state index < -0.39 is 18.1 Å². The molecule has 0 radical (unpaired) electrons. The maximum atomic E-state index is 12.1. The number of aliphatic carboxylic acids is 1. The van der Waals surface area contributed by atoms with E-state index in [1.807, 2.05) is 36.1 Å². The highest BCUT2D eigenvalue weighted by molar-refractivity contribution is 6.32. The van der Waals surface area contributed by atoms with Gasteiger partial charge in [-0.2, -0.15) is 5.26 Å². The molecule has 2 atom stereocenters. The molecular formula is C41H47ClN4O7. The Morgan fingerprint density at radius 1 is 1.00 bits per heavy atom. The minimum Gasteiger partial charge on any atom is -0.493 e. The number of nitrogens with one attached hydrogen (secondary N) is 1. The van der Waals surface area contributed by atoms with E-state index in [0.29, 0.717) is 61.3 Å². The molecule has 1 aliphatic heterocycles. The standard InChI is InChI=1S/C41H47ClN4O7/c1-27-31(8-5-9-34(27)35-10-6-12-38(28(35)2)51-15-7-13-44-22-33(48)24-47)26-53-40-18-39(52-25-30-16-29(19-43)20-45-21-30)32(17-36(40)42)23-46-14-4-3-11-37(46)41(49)50/h5-6,8-10,12,16-18,20-21,33,37,44,47-48H,3-4,7,11,13-15,22-26H2,1-2H3,(H,49,50)/t33-,37-/m0/s1. The Morgan fingerprint density at radius 2 is 1.77 bits per heavy atom. The molecule has 4 N–H and O–H groups in total. The van der Waals surface area contributed by atoms with Crippen LogP contribution < -0.4 is 19.5 Å². The monoisotopic (exact) mass is 742 g/mol. The Bertz CT molecular complexity index is 1900. The van der Waals surface area contributed by atoms with Crippen LogP contribution in [0.15, 0.2) is 67.0 Å². The number of ether oxygens (including phenoxy) is 3. The number of pyridine rings is 1. The smallest absolute Gasteiger partial charge is 0.320 e. The molecule has 0 spiro atoms. The third-order valence-electron chi connectivity index (χ3n) is 9.46. The van der Waals surface area contributed by atoms with E-state index in [9.17, 15) is 20.3 Å². The molecule has 53 heavy (non-hydrogen) atoms. The highest BCUT2D eigenvalue weighted by atomic mass is 35.5. The maximum Gasteiger partial charge on any atom is 0.320 e. The van der Waals surface area contributed by atoms with Crippen molar-refractivity contribution in [1.29, 1.82) is 5.26 Å². The molecule has 0 amide bonds. The lowest BCUT2D eigenvalue weighted by Crippen LogP contribution is -2.44. The molecule has 0 bridgehead atoms. The fourth-order valence-electron chi connectivity index (χ4n) is 6.47. The molecule has 2 heterocycles. The summed E-state index contributed by atoms with van der Waals surface area (Å²) in [6.07, 6.45) is 5.47. The first kappa shape index (κ1) is 39.5. The van der Waals surface area contributed by atoms with E-state index in [0.717, 1.165) is 64.0 Å². The maximum absolute atomic E-state index is 12.1. The number of piperidine rings is 1. The van der Waals surface area contributed by atoms with Crippen molar-refractivity contribution in [3.63, 3.8) is 0 Å². The van der Waals surface area contributed by atoms with E-state index in [1.165, 1.54) is 6.20 Å². The Hall–Kier alpha value is -4.70. The lowest BCUT2D eigenvalue weighted by Gasteiger charge is -2.33. The number of nitriles is 1. The summed E-state index contributed by atoms with van der Waals surface area (Å²) in [5.74, 6) is 0.899. The van der Waals surface area contributed by atoms with Gasteiger partial charge in [0, 0.05) is 42.7 Å². The summed E-state index contributed by atoms with van der Waals surface area (Å²) >= 11 is 6.84. The van der Waals surface area contributed by atoms with E-state index >= 15 is 0 Å². The van der Waals surface area contributed by atoms with Gasteiger partial charge in [0.15, 0.2) is 0 Å². The SMILES string of the molecule is Cc1c(COc2cc(OCc3cncc(C#N)c3)c(CN3CCCC[C@H]3C(=O)O)cc2Cl)cccc1-c1cccc(OCCCNC[C@H](O)CO)c1C. The first-order valence-electron chi connectivity index (χ1n) is 17.9. The molecule has 11 nitrogen and oxygen atoms in total. The number of halogens is 1. The van der Waals surface area contributed by atoms with Crippen molar-refractivity contribution in [3.05, 3.63) is 105 Å². The highest BCUT2D eigenvalue weighted by Crippen LogP contribution is 2.37. The van der Waals surface area contributed by atoms with Gasteiger partial charge in [0.25, 0.3) is 0 Å². The summed E-state index contributed by atoms with van der Waals surface area (Å²) in [7, 11) is 0. The third-order valence-corrected chi connectivity index (χ3v) is 9.75. The minimum absolute atomic E-state index is 0.147. The Labute approximate surface area is 315 Å². The van der Waals surface area contributed by atoms with Crippen LogP contribution in [0, 0.1) is 25.2 Å². The molecule has 0 unspecified atom stereocenters. The van der Waals surface area contributed by atoms with Gasteiger partial charge in [-0.05, 0) is 92.2 Å². The number of likely N-dealkylation sites (tertiary alicyclic amines) is 1. The predicted octanol–water partition coefficient (Wildman–Crippen LogP) is 6.20. The molecule has 4 aromatic rings. The zero-order chi connectivity index (χ0) is 37.7. The number of rotatable bonds is 18. The normalized spacial score (nSPS) is 15.1. The van der Waals surface area contributed by atoms with E-state index in [2.05, 4.69) is 35.4 Å². The van der Waals surface area contributed by atoms with Crippen LogP contribution in [0.2, 0.25) is 5.02 Å². The molecule has 1 saturated heterocycles. The molecule has 12 heteroatoms. The highest BCUT2D eigenvalue weighted by Gasteiger charge is 2.29. The summed E-state index contributed by atoms with van der Waals surface area (Å²) in [6.45, 7) is 6.73. The number of hydrogen-bond donors (Lipinski definition) is 4. The van der Waals surface area contributed by atoms with Crippen molar-refractivity contribution in [1.82, 2.24) is 15.2 Å². The number of benzene rings is 3. The molecule has 1 aliphatic rings. The predicted molar refractivity (Wildman–Crippen MR) is 202 cm³/mol. The van der Waals surface area contributed by atoms with Gasteiger partial charge in [0.05, 0.1) is 29.9 Å². The number of aromatic nitrogens is 1. The van der Waals surface area contributed by atoms with Gasteiger partial charge in [0.1, 0.15) is 42.6 Å². The zero-order valence-electron chi connectivity index (χ0n) is 30.2. The number of aliphatic hydroxyl groups is 2. The average molecular weight is 743 g/mol. The lowest BCUT2D eigenvalue weighted by molar-refractivity contribution is -0.144. The van der Waals surface area contributed by atoms with E-state index in [4.69, 9.17) is 30.9 Å². The summed E-state index contributed by atoms with van der Waals surface area (Å²) in [6, 6.07) is 18.9. The molecule has 0 aliphatic carbocycles. The van der Waals surface area contributed by atoms with Crippen LogP contribution in [0.25, 0.3) is 11.1 Å². The second-order valence-corrected chi connectivity index (χ2v) is 13.6. The molecular weight excluding hydrogens is 696 g/mol. The fourth-order valence-corrected chi connectivity index (χ4v) is 6.71. The lowest BCUT2D eigenvalue weighted by atomic mass is 9.93. The molecule has 1 fully saturated rings. The Kier molecular flexibility index (Phi) is 14.5. The fraction of sp³-hybridized carbons (Fsp3) is 0.390. The summed E-state index contributed by atoms with van der Waals surface area (Å²) < 4.78 is 18.8. The number of nitrogens with zero attached hydrogens (tertiary/aromatic N) is 3. The van der Waals surface area contributed by atoms with Crippen molar-refractivity contribution in [2.75, 3.05) is 32.8 Å². The van der Waals surface area contributed by atoms with Gasteiger partial charge in [-0.3, -0.25) is 14.7 Å². The van der Waals surface area contributed by atoms with Crippen molar-refractivity contribution in [2.24, 2.45) is 0 Å². The van der Waals surface area contributed by atoms with Crippen molar-refractivity contribution < 1.29 is 34.3 Å². The molecule has 0 saturated carbocycles. The van der Waals surface area contributed by atoms with Gasteiger partial charge in [-0.15, -0.1) is 0 Å². The second kappa shape index (κ2) is 19.4. The minimum atomic E-state index is -0.842. The Balaban J connectivity index is 1.32. The summed E-state index contributed by atoms with van der Waals surface area (Å²) in [5.41, 5.74) is 7.05. The second-order valence-electron chi connectivity index (χ2n) is 13.2. The molecule has 280 valence electrons. The number of carboxylic acids is 1. The molecule has 1 aromatic heterocycles. The van der Waals surface area contributed by atoms with Gasteiger partial charge < -0.3 is 34.8 Å². The largest absolute Gasteiger partial charge is 0.493 e. The number of aliphatic hydroxyl groups excluding tert-OH is 2. The Morgan fingerprint density at radius 3 is 2.55 bits per heavy atom. The van der Waals surface area contributed by atoms with Crippen LogP contribution in [0.3, 0.4) is 0 Å². The van der Waals surface area contributed by atoms with Crippen LogP contribution in [-0.4, -0.2) is 76.2 Å². The van der Waals surface area contributed by atoms with Gasteiger partial charge >= 0.3 is 5.97 Å². The van der Waals surface area contributed by atoms with Crippen molar-refractivity contribution in [2.45, 2.75) is 71.4 Å². The third kappa shape index (κ3) is 10.7. The zero-order valence-corrected chi connectivity index (χ0v) is 30.9. The van der Waals surface area contributed by atoms with Crippen LogP contribution in [0.4, 0.5) is 0 Å².